The largest absolute Gasteiger partial charge is 0.488 e. The van der Waals surface area contributed by atoms with Crippen LogP contribution in [0, 0.1) is 5.82 Å². The summed E-state index contributed by atoms with van der Waals surface area (Å²) >= 11 is 5.99. The average molecular weight is 407 g/mol. The van der Waals surface area contributed by atoms with Crippen LogP contribution in [-0.4, -0.2) is 5.78 Å². The van der Waals surface area contributed by atoms with E-state index in [1.165, 1.54) is 12.1 Å². The summed E-state index contributed by atoms with van der Waals surface area (Å²) in [4.78, 5) is 12.4. The highest BCUT2D eigenvalue weighted by Gasteiger charge is 2.24. The summed E-state index contributed by atoms with van der Waals surface area (Å²) in [6.07, 6.45) is 2.79. The van der Waals surface area contributed by atoms with Crippen molar-refractivity contribution in [1.29, 1.82) is 0 Å². The van der Waals surface area contributed by atoms with E-state index in [4.69, 9.17) is 16.3 Å². The highest BCUT2D eigenvalue weighted by atomic mass is 35.5. The summed E-state index contributed by atoms with van der Waals surface area (Å²) in [6.45, 7) is 0.332. The summed E-state index contributed by atoms with van der Waals surface area (Å²) in [5.74, 6) is 0.204. The van der Waals surface area contributed by atoms with Gasteiger partial charge in [-0.15, -0.1) is 0 Å². The Morgan fingerprint density at radius 2 is 1.72 bits per heavy atom. The Bertz CT molecular complexity index is 1040. The number of hydrogen-bond acceptors (Lipinski definition) is 2. The van der Waals surface area contributed by atoms with Gasteiger partial charge in [0, 0.05) is 23.1 Å². The molecule has 0 aromatic heterocycles. The van der Waals surface area contributed by atoms with Crippen LogP contribution in [0.2, 0.25) is 5.02 Å². The monoisotopic (exact) mass is 406 g/mol. The fraction of sp³-hybridized carbons (Fsp3) is 0.160. The highest BCUT2D eigenvalue weighted by Crippen LogP contribution is 2.39. The Balaban J connectivity index is 1.61. The number of hydrogen-bond donors (Lipinski definition) is 0. The molecule has 0 amide bonds. The highest BCUT2D eigenvalue weighted by molar-refractivity contribution is 6.30. The Labute approximate surface area is 174 Å². The van der Waals surface area contributed by atoms with Gasteiger partial charge in [-0.1, -0.05) is 54.1 Å². The van der Waals surface area contributed by atoms with Crippen LogP contribution in [0.25, 0.3) is 5.57 Å². The molecule has 0 bridgehead atoms. The van der Waals surface area contributed by atoms with Crippen LogP contribution in [0.5, 0.6) is 5.75 Å². The first-order chi connectivity index (χ1) is 14.1. The number of ketones is 1. The van der Waals surface area contributed by atoms with Crippen molar-refractivity contribution in [3.8, 4) is 5.75 Å². The number of allylic oxidation sites excluding steroid dienone is 2. The minimum absolute atomic E-state index is 0.0598. The normalized spacial score (nSPS) is 16.4. The molecule has 146 valence electrons. The predicted molar refractivity (Wildman–Crippen MR) is 114 cm³/mol. The Kier molecular flexibility index (Phi) is 5.77. The first-order valence-corrected chi connectivity index (χ1v) is 9.92. The zero-order chi connectivity index (χ0) is 20.2. The van der Waals surface area contributed by atoms with Crippen LogP contribution in [0.3, 0.4) is 0 Å². The second-order valence-electron chi connectivity index (χ2n) is 7.21. The molecule has 1 atom stereocenters. The van der Waals surface area contributed by atoms with E-state index in [1.54, 1.807) is 12.1 Å². The van der Waals surface area contributed by atoms with Crippen molar-refractivity contribution in [2.75, 3.05) is 0 Å². The molecule has 0 N–H and O–H groups in total. The molecule has 0 unspecified atom stereocenters. The molecule has 1 aliphatic carbocycles. The standard InChI is InChI=1S/C25H20ClFO2/c26-21-8-6-18(7-9-21)19-12-20(14-23(28)13-19)24-11-10-22(27)15-25(24)29-16-17-4-2-1-3-5-17/h1-11,14-15,19H,12-13,16H2/t19-/m1/s1. The number of benzene rings is 3. The molecule has 0 saturated carbocycles. The van der Waals surface area contributed by atoms with E-state index in [0.717, 1.165) is 22.3 Å². The van der Waals surface area contributed by atoms with Gasteiger partial charge in [-0.25, -0.2) is 4.39 Å². The van der Waals surface area contributed by atoms with Crippen LogP contribution in [0.4, 0.5) is 4.39 Å². The molecular formula is C25H20ClFO2. The second-order valence-corrected chi connectivity index (χ2v) is 7.64. The van der Waals surface area contributed by atoms with Crippen molar-refractivity contribution in [3.63, 3.8) is 0 Å². The molecule has 0 aliphatic heterocycles. The van der Waals surface area contributed by atoms with Gasteiger partial charge in [0.15, 0.2) is 5.78 Å². The summed E-state index contributed by atoms with van der Waals surface area (Å²) in [5.41, 5.74) is 3.69. The van der Waals surface area contributed by atoms with Gasteiger partial charge in [0.05, 0.1) is 0 Å². The van der Waals surface area contributed by atoms with E-state index in [-0.39, 0.29) is 17.5 Å². The Morgan fingerprint density at radius 3 is 2.48 bits per heavy atom. The molecule has 4 rings (SSSR count). The van der Waals surface area contributed by atoms with E-state index in [1.807, 2.05) is 54.6 Å². The van der Waals surface area contributed by atoms with Crippen molar-refractivity contribution in [3.05, 3.63) is 106 Å². The fourth-order valence-corrected chi connectivity index (χ4v) is 3.79. The average Bonchev–Trinajstić information content (AvgIpc) is 2.73. The third-order valence-corrected chi connectivity index (χ3v) is 5.37. The van der Waals surface area contributed by atoms with Gasteiger partial charge in [-0.05, 0) is 59.4 Å². The van der Waals surface area contributed by atoms with Gasteiger partial charge in [-0.2, -0.15) is 0 Å². The Hall–Kier alpha value is -2.91. The molecular weight excluding hydrogens is 387 g/mol. The molecule has 0 radical (unpaired) electrons. The van der Waals surface area contributed by atoms with Crippen molar-refractivity contribution < 1.29 is 13.9 Å². The van der Waals surface area contributed by atoms with E-state index in [2.05, 4.69) is 0 Å². The van der Waals surface area contributed by atoms with E-state index in [0.29, 0.717) is 30.2 Å². The third kappa shape index (κ3) is 4.75. The van der Waals surface area contributed by atoms with Gasteiger partial charge in [-0.3, -0.25) is 4.79 Å². The molecule has 1 aliphatic rings. The lowest BCUT2D eigenvalue weighted by Gasteiger charge is -2.24. The minimum atomic E-state index is -0.367. The van der Waals surface area contributed by atoms with Crippen LogP contribution in [-0.2, 0) is 11.4 Å². The minimum Gasteiger partial charge on any atom is -0.488 e. The molecule has 4 heteroatoms. The zero-order valence-corrected chi connectivity index (χ0v) is 16.5. The fourth-order valence-electron chi connectivity index (χ4n) is 3.67. The number of rotatable bonds is 5. The molecule has 0 heterocycles. The summed E-state index contributed by atoms with van der Waals surface area (Å²) in [7, 11) is 0. The van der Waals surface area contributed by atoms with Crippen molar-refractivity contribution in [2.24, 2.45) is 0 Å². The van der Waals surface area contributed by atoms with Gasteiger partial charge < -0.3 is 4.74 Å². The molecule has 0 fully saturated rings. The first kappa shape index (κ1) is 19.4. The topological polar surface area (TPSA) is 26.3 Å². The van der Waals surface area contributed by atoms with Gasteiger partial charge in [0.25, 0.3) is 0 Å². The molecule has 0 spiro atoms. The van der Waals surface area contributed by atoms with Gasteiger partial charge in [0.2, 0.25) is 0 Å². The maximum Gasteiger partial charge on any atom is 0.156 e. The van der Waals surface area contributed by atoms with Crippen molar-refractivity contribution in [1.82, 2.24) is 0 Å². The number of carbonyl (C=O) groups excluding carboxylic acids is 1. The number of ether oxygens (including phenoxy) is 1. The lowest BCUT2D eigenvalue weighted by molar-refractivity contribution is -0.115. The van der Waals surface area contributed by atoms with Crippen molar-refractivity contribution in [2.45, 2.75) is 25.4 Å². The summed E-state index contributed by atoms with van der Waals surface area (Å²) in [6, 6.07) is 21.8. The maximum atomic E-state index is 13.9. The van der Waals surface area contributed by atoms with Crippen LogP contribution in [0.15, 0.2) is 78.9 Å². The molecule has 0 saturated heterocycles. The SMILES string of the molecule is O=C1C=C(c2ccc(F)cc2OCc2ccccc2)C[C@@H](c2ccc(Cl)cc2)C1. The second kappa shape index (κ2) is 8.62. The lowest BCUT2D eigenvalue weighted by atomic mass is 9.81. The number of carbonyl (C=O) groups is 1. The molecule has 2 nitrogen and oxygen atoms in total. The van der Waals surface area contributed by atoms with Crippen LogP contribution < -0.4 is 4.74 Å². The van der Waals surface area contributed by atoms with Gasteiger partial charge in [0.1, 0.15) is 18.2 Å². The lowest BCUT2D eigenvalue weighted by Crippen LogP contribution is -2.13. The predicted octanol–water partition coefficient (Wildman–Crippen LogP) is 6.59. The molecule has 29 heavy (non-hydrogen) atoms. The van der Waals surface area contributed by atoms with E-state index >= 15 is 0 Å². The molecule has 3 aromatic rings. The van der Waals surface area contributed by atoms with Crippen LogP contribution >= 0.6 is 11.6 Å². The van der Waals surface area contributed by atoms with Crippen LogP contribution in [0.1, 0.15) is 35.4 Å². The third-order valence-electron chi connectivity index (χ3n) is 5.12. The summed E-state index contributed by atoms with van der Waals surface area (Å²) < 4.78 is 19.9. The first-order valence-electron chi connectivity index (χ1n) is 9.54. The quantitative estimate of drug-likeness (QED) is 0.477. The summed E-state index contributed by atoms with van der Waals surface area (Å²) in [5, 5.41) is 0.668. The molecule has 3 aromatic carbocycles. The Morgan fingerprint density at radius 1 is 0.966 bits per heavy atom. The smallest absolute Gasteiger partial charge is 0.156 e. The maximum absolute atomic E-state index is 13.9. The number of halogens is 2. The van der Waals surface area contributed by atoms with E-state index in [9.17, 15) is 9.18 Å². The zero-order valence-electron chi connectivity index (χ0n) is 15.8. The van der Waals surface area contributed by atoms with Gasteiger partial charge >= 0.3 is 0 Å². The van der Waals surface area contributed by atoms with E-state index < -0.39 is 0 Å². The van der Waals surface area contributed by atoms with Crippen molar-refractivity contribution >= 4 is 23.0 Å².